The molecule has 4 saturated carbocycles. The molecule has 11 atom stereocenters. The van der Waals surface area contributed by atoms with Crippen LogP contribution in [0.15, 0.2) is 0 Å². The molecular weight excluding hydrogens is 693 g/mol. The summed E-state index contributed by atoms with van der Waals surface area (Å²) in [5.74, 6) is 3.91. The number of rotatable bonds is 31. The van der Waals surface area contributed by atoms with Crippen molar-refractivity contribution in [2.45, 2.75) is 207 Å². The Hall–Kier alpha value is -0.280. The maximum absolute atomic E-state index is 7.13. The van der Waals surface area contributed by atoms with Crippen LogP contribution in [-0.2, 0) is 14.2 Å². The zero-order chi connectivity index (χ0) is 40.2. The van der Waals surface area contributed by atoms with Crippen LogP contribution in [0.5, 0.6) is 0 Å². The summed E-state index contributed by atoms with van der Waals surface area (Å²) in [6, 6.07) is 0. The lowest BCUT2D eigenvalue weighted by molar-refractivity contribution is -0.227. The second kappa shape index (κ2) is 26.1. The Morgan fingerprint density at radius 2 is 1.18 bits per heavy atom. The van der Waals surface area contributed by atoms with E-state index >= 15 is 0 Å². The monoisotopic (exact) mass is 789 g/mol. The summed E-state index contributed by atoms with van der Waals surface area (Å²) < 4.78 is 20.6. The second-order valence-electron chi connectivity index (χ2n) is 20.0. The molecular formula is C49H96N4O3. The fourth-order valence-electron chi connectivity index (χ4n) is 13.0. The minimum atomic E-state index is 0.174. The lowest BCUT2D eigenvalue weighted by Gasteiger charge is -2.65. The molecule has 0 aromatic heterocycles. The van der Waals surface area contributed by atoms with E-state index in [0.29, 0.717) is 78.9 Å². The molecule has 0 radical (unpaired) electrons. The molecule has 56 heavy (non-hydrogen) atoms. The topological polar surface area (TPSA) is 109 Å². The summed E-state index contributed by atoms with van der Waals surface area (Å²) in [4.78, 5) is 2.86. The predicted molar refractivity (Wildman–Crippen MR) is 238 cm³/mol. The third kappa shape index (κ3) is 13.4. The molecule has 4 aliphatic carbocycles. The first-order valence-electron chi connectivity index (χ1n) is 25.0. The Morgan fingerprint density at radius 1 is 0.607 bits per heavy atom. The fraction of sp³-hybridized carbons (Fsp3) is 1.00. The molecule has 0 aromatic carbocycles. The zero-order valence-corrected chi connectivity index (χ0v) is 37.9. The SMILES string of the molecule is CCCCCCCCN(CCCCCCCC)CCC[C@@H](C)C1CC[C@H]2C3[C@H](OCCCN)CC4C[C@H](OCCCN)CC[C@]4(C)[C@H]3C[C@H](OCCCN)C12C. The molecule has 0 aromatic rings. The van der Waals surface area contributed by atoms with Gasteiger partial charge in [0.05, 0.1) is 18.3 Å². The Bertz CT molecular complexity index is 1000. The van der Waals surface area contributed by atoms with Crippen molar-refractivity contribution >= 4 is 0 Å². The van der Waals surface area contributed by atoms with Crippen molar-refractivity contribution in [3.05, 3.63) is 0 Å². The summed E-state index contributed by atoms with van der Waals surface area (Å²) >= 11 is 0. The van der Waals surface area contributed by atoms with Crippen LogP contribution in [0, 0.1) is 46.3 Å². The third-order valence-corrected chi connectivity index (χ3v) is 16.3. The van der Waals surface area contributed by atoms with Gasteiger partial charge in [-0.3, -0.25) is 0 Å². The smallest absolute Gasteiger partial charge is 0.0637 e. The highest BCUT2D eigenvalue weighted by molar-refractivity contribution is 5.15. The lowest BCUT2D eigenvalue weighted by Crippen LogP contribution is -2.63. The van der Waals surface area contributed by atoms with Gasteiger partial charge in [-0.1, -0.05) is 98.8 Å². The number of nitrogens with zero attached hydrogens (tertiary/aromatic N) is 1. The molecule has 7 nitrogen and oxygen atoms in total. The standard InChI is InChI=1S/C49H96N4O3/c1-6-8-10-12-14-16-30-53(31-17-15-13-11-9-7-2)32-18-22-39(3)42-23-24-43-47-44(38-46(49(42,43)5)56-35-21-29-52)48(4)26-25-41(54-33-19-27-50)36-40(48)37-45(47)55-34-20-28-51/h39-47H,6-38,50-52H2,1-5H3/t39-,40?,41-,42?,43+,44+,45-,46+,47?,48+,49?/m1/s1. The van der Waals surface area contributed by atoms with Crippen LogP contribution in [0.4, 0.5) is 0 Å². The molecule has 0 spiro atoms. The first-order valence-corrected chi connectivity index (χ1v) is 25.0. The van der Waals surface area contributed by atoms with Crippen LogP contribution >= 0.6 is 0 Å². The van der Waals surface area contributed by atoms with Crippen molar-refractivity contribution in [1.82, 2.24) is 4.90 Å². The molecule has 6 N–H and O–H groups in total. The molecule has 0 saturated heterocycles. The molecule has 4 rings (SSSR count). The number of ether oxygens (including phenoxy) is 3. The minimum Gasteiger partial charge on any atom is -0.378 e. The van der Waals surface area contributed by atoms with Crippen molar-refractivity contribution in [3.63, 3.8) is 0 Å². The molecule has 0 amide bonds. The van der Waals surface area contributed by atoms with E-state index in [1.165, 1.54) is 148 Å². The van der Waals surface area contributed by atoms with Crippen molar-refractivity contribution in [1.29, 1.82) is 0 Å². The number of hydrogen-bond acceptors (Lipinski definition) is 7. The van der Waals surface area contributed by atoms with Gasteiger partial charge in [-0.05, 0) is 170 Å². The Morgan fingerprint density at radius 3 is 1.80 bits per heavy atom. The van der Waals surface area contributed by atoms with Crippen molar-refractivity contribution in [2.75, 3.05) is 59.1 Å². The van der Waals surface area contributed by atoms with Crippen LogP contribution in [0.1, 0.15) is 189 Å². The van der Waals surface area contributed by atoms with Crippen LogP contribution in [0.3, 0.4) is 0 Å². The average Bonchev–Trinajstić information content (AvgIpc) is 3.56. The maximum atomic E-state index is 7.13. The molecule has 0 heterocycles. The normalized spacial score (nSPS) is 33.4. The minimum absolute atomic E-state index is 0.174. The van der Waals surface area contributed by atoms with Gasteiger partial charge in [0.1, 0.15) is 0 Å². The fourth-order valence-corrected chi connectivity index (χ4v) is 13.0. The average molecular weight is 789 g/mol. The van der Waals surface area contributed by atoms with Gasteiger partial charge < -0.3 is 36.3 Å². The summed E-state index contributed by atoms with van der Waals surface area (Å²) in [5.41, 5.74) is 18.4. The van der Waals surface area contributed by atoms with E-state index in [4.69, 9.17) is 31.4 Å². The molecule has 4 aliphatic rings. The Balaban J connectivity index is 1.47. The molecule has 4 fully saturated rings. The van der Waals surface area contributed by atoms with E-state index in [2.05, 4.69) is 39.5 Å². The first kappa shape index (κ1) is 48.4. The maximum Gasteiger partial charge on any atom is 0.0637 e. The van der Waals surface area contributed by atoms with E-state index in [1.54, 1.807) is 0 Å². The summed E-state index contributed by atoms with van der Waals surface area (Å²) in [6.07, 6.45) is 31.8. The predicted octanol–water partition coefficient (Wildman–Crippen LogP) is 10.5. The molecule has 330 valence electrons. The third-order valence-electron chi connectivity index (χ3n) is 16.3. The van der Waals surface area contributed by atoms with Gasteiger partial charge >= 0.3 is 0 Å². The van der Waals surface area contributed by atoms with Gasteiger partial charge in [0.15, 0.2) is 0 Å². The van der Waals surface area contributed by atoms with Crippen molar-refractivity contribution < 1.29 is 14.2 Å². The second-order valence-corrected chi connectivity index (χ2v) is 20.0. The van der Waals surface area contributed by atoms with Crippen LogP contribution < -0.4 is 17.2 Å². The summed E-state index contributed by atoms with van der Waals surface area (Å²) in [5, 5.41) is 0. The Labute approximate surface area is 347 Å². The highest BCUT2D eigenvalue weighted by Crippen LogP contribution is 2.69. The number of hydrogen-bond donors (Lipinski definition) is 3. The highest BCUT2D eigenvalue weighted by atomic mass is 16.5. The zero-order valence-electron chi connectivity index (χ0n) is 37.9. The number of unbranched alkanes of at least 4 members (excludes halogenated alkanes) is 10. The van der Waals surface area contributed by atoms with Gasteiger partial charge in [-0.15, -0.1) is 0 Å². The van der Waals surface area contributed by atoms with Crippen LogP contribution in [0.2, 0.25) is 0 Å². The number of nitrogens with two attached hydrogens (primary N) is 3. The van der Waals surface area contributed by atoms with E-state index in [1.807, 2.05) is 0 Å². The summed E-state index contributed by atoms with van der Waals surface area (Å²) in [7, 11) is 0. The Kier molecular flexibility index (Phi) is 22.6. The van der Waals surface area contributed by atoms with Crippen molar-refractivity contribution in [2.24, 2.45) is 63.5 Å². The molecule has 4 unspecified atom stereocenters. The van der Waals surface area contributed by atoms with Crippen LogP contribution in [-0.4, -0.2) is 82.3 Å². The van der Waals surface area contributed by atoms with E-state index in [0.717, 1.165) is 45.5 Å². The van der Waals surface area contributed by atoms with Gasteiger partial charge in [0, 0.05) is 25.2 Å². The lowest BCUT2D eigenvalue weighted by atomic mass is 9.43. The van der Waals surface area contributed by atoms with Gasteiger partial charge in [0.2, 0.25) is 0 Å². The summed E-state index contributed by atoms with van der Waals surface area (Å²) in [6.45, 7) is 21.0. The van der Waals surface area contributed by atoms with Gasteiger partial charge in [0.25, 0.3) is 0 Å². The van der Waals surface area contributed by atoms with E-state index < -0.39 is 0 Å². The molecule has 7 heteroatoms. The first-order chi connectivity index (χ1) is 27.3. The van der Waals surface area contributed by atoms with Crippen molar-refractivity contribution in [3.8, 4) is 0 Å². The van der Waals surface area contributed by atoms with Gasteiger partial charge in [-0.2, -0.15) is 0 Å². The highest BCUT2D eigenvalue weighted by Gasteiger charge is 2.66. The largest absolute Gasteiger partial charge is 0.378 e. The molecule has 0 aliphatic heterocycles. The van der Waals surface area contributed by atoms with Gasteiger partial charge in [-0.25, -0.2) is 0 Å². The van der Waals surface area contributed by atoms with E-state index in [9.17, 15) is 0 Å². The number of fused-ring (bicyclic) bond motifs is 5. The van der Waals surface area contributed by atoms with E-state index in [-0.39, 0.29) is 5.41 Å². The molecule has 0 bridgehead atoms. The quantitative estimate of drug-likeness (QED) is 0.0600. The van der Waals surface area contributed by atoms with Crippen LogP contribution in [0.25, 0.3) is 0 Å².